The maximum atomic E-state index is 13.6. The zero-order valence-corrected chi connectivity index (χ0v) is 18.9. The molecule has 0 bridgehead atoms. The van der Waals surface area contributed by atoms with E-state index in [2.05, 4.69) is 10.4 Å². The third kappa shape index (κ3) is 4.13. The van der Waals surface area contributed by atoms with Crippen molar-refractivity contribution in [2.24, 2.45) is 0 Å². The lowest BCUT2D eigenvalue weighted by atomic mass is 9.93. The molecule has 2 aromatic carbocycles. The van der Waals surface area contributed by atoms with Crippen molar-refractivity contribution < 1.29 is 23.5 Å². The highest BCUT2D eigenvalue weighted by Gasteiger charge is 2.49. The molecule has 0 unspecified atom stereocenters. The van der Waals surface area contributed by atoms with Gasteiger partial charge in [0.15, 0.2) is 0 Å². The molecule has 0 saturated heterocycles. The van der Waals surface area contributed by atoms with Gasteiger partial charge in [0.25, 0.3) is 5.91 Å². The molecule has 9 heteroatoms. The summed E-state index contributed by atoms with van der Waals surface area (Å²) in [5.74, 6) is -0.116. The quantitative estimate of drug-likeness (QED) is 0.621. The number of aryl methyl sites for hydroxylation is 1. The summed E-state index contributed by atoms with van der Waals surface area (Å²) in [5.41, 5.74) is 0.956. The number of nitrogens with one attached hydrogen (secondary N) is 1. The molecule has 1 aliphatic rings. The first kappa shape index (κ1) is 22.3. The second-order valence-corrected chi connectivity index (χ2v) is 8.12. The minimum atomic E-state index is -1.31. The number of halogens is 1. The minimum Gasteiger partial charge on any atom is -0.497 e. The fourth-order valence-corrected chi connectivity index (χ4v) is 4.01. The Labute approximate surface area is 190 Å². The number of anilines is 1. The number of benzene rings is 2. The van der Waals surface area contributed by atoms with Gasteiger partial charge in [-0.15, -0.1) is 0 Å². The topological polar surface area (TPSA) is 85.7 Å². The number of fused-ring (bicyclic) bond motifs is 1. The van der Waals surface area contributed by atoms with Gasteiger partial charge in [-0.3, -0.25) is 19.2 Å². The molecule has 1 aromatic heterocycles. The molecule has 1 N–H and O–H groups in total. The molecule has 0 radical (unpaired) electrons. The highest BCUT2D eigenvalue weighted by atomic mass is 19.1. The van der Waals surface area contributed by atoms with Crippen molar-refractivity contribution in [2.75, 3.05) is 19.1 Å². The van der Waals surface area contributed by atoms with Crippen LogP contribution in [-0.4, -0.2) is 41.4 Å². The van der Waals surface area contributed by atoms with Crippen LogP contribution in [0.1, 0.15) is 28.7 Å². The zero-order chi connectivity index (χ0) is 23.8. The molecule has 3 aromatic rings. The van der Waals surface area contributed by atoms with E-state index in [0.29, 0.717) is 28.6 Å². The number of amides is 2. The van der Waals surface area contributed by atoms with E-state index in [-0.39, 0.29) is 30.7 Å². The maximum absolute atomic E-state index is 13.6. The van der Waals surface area contributed by atoms with E-state index in [9.17, 15) is 14.0 Å². The van der Waals surface area contributed by atoms with Crippen LogP contribution < -0.4 is 19.7 Å². The summed E-state index contributed by atoms with van der Waals surface area (Å²) in [6.45, 7) is 3.82. The first-order valence-electron chi connectivity index (χ1n) is 10.4. The largest absolute Gasteiger partial charge is 0.497 e. The van der Waals surface area contributed by atoms with Crippen LogP contribution in [0.25, 0.3) is 0 Å². The molecule has 1 atom stereocenters. The summed E-state index contributed by atoms with van der Waals surface area (Å²) < 4.78 is 25.5. The lowest BCUT2D eigenvalue weighted by Crippen LogP contribution is -2.64. The molecule has 4 rings (SSSR count). The van der Waals surface area contributed by atoms with Crippen LogP contribution in [0.15, 0.2) is 48.5 Å². The Bertz CT molecular complexity index is 1190. The number of methoxy groups -OCH3 is 2. The highest BCUT2D eigenvalue weighted by Crippen LogP contribution is 2.37. The second kappa shape index (κ2) is 8.57. The van der Waals surface area contributed by atoms with Crippen LogP contribution in [0, 0.1) is 12.7 Å². The monoisotopic (exact) mass is 452 g/mol. The standard InChI is InChI=1S/C24H25FN4O4/c1-15-9-21-22(30)29(18-10-19(32-3)12-20(11-18)33-4)24(2,14-28(21)27-15)23(31)26-13-16-5-7-17(25)8-6-16/h5-12H,13-14H2,1-4H3,(H,26,31)/t24-/m0/s1. The molecular weight excluding hydrogens is 427 g/mol. The normalized spacial score (nSPS) is 17.5. The summed E-state index contributed by atoms with van der Waals surface area (Å²) in [4.78, 5) is 28.6. The number of nitrogens with zero attached hydrogens (tertiary/aromatic N) is 3. The van der Waals surface area contributed by atoms with Crippen molar-refractivity contribution in [2.45, 2.75) is 32.5 Å². The van der Waals surface area contributed by atoms with Gasteiger partial charge in [0, 0.05) is 24.7 Å². The maximum Gasteiger partial charge on any atom is 0.277 e. The van der Waals surface area contributed by atoms with Crippen molar-refractivity contribution in [1.29, 1.82) is 0 Å². The SMILES string of the molecule is COc1cc(OC)cc(N2C(=O)c3cc(C)nn3C[C@@]2(C)C(=O)NCc2ccc(F)cc2)c1. The summed E-state index contributed by atoms with van der Waals surface area (Å²) in [6.07, 6.45) is 0. The molecule has 2 amide bonds. The lowest BCUT2D eigenvalue weighted by Gasteiger charge is -2.43. The van der Waals surface area contributed by atoms with Crippen LogP contribution in [0.5, 0.6) is 11.5 Å². The zero-order valence-electron chi connectivity index (χ0n) is 18.9. The van der Waals surface area contributed by atoms with Gasteiger partial charge >= 0.3 is 0 Å². The third-order valence-corrected chi connectivity index (χ3v) is 5.73. The first-order chi connectivity index (χ1) is 15.7. The van der Waals surface area contributed by atoms with Crippen molar-refractivity contribution in [3.05, 3.63) is 71.3 Å². The Hall–Kier alpha value is -3.88. The van der Waals surface area contributed by atoms with Gasteiger partial charge in [-0.2, -0.15) is 5.10 Å². The van der Waals surface area contributed by atoms with E-state index in [4.69, 9.17) is 9.47 Å². The number of hydrogen-bond donors (Lipinski definition) is 1. The Morgan fingerprint density at radius 3 is 2.36 bits per heavy atom. The number of carbonyl (C=O) groups is 2. The molecule has 0 saturated carbocycles. The number of aromatic nitrogens is 2. The summed E-state index contributed by atoms with van der Waals surface area (Å²) in [5, 5.41) is 7.29. The van der Waals surface area contributed by atoms with Crippen LogP contribution in [-0.2, 0) is 17.9 Å². The number of ether oxygens (including phenoxy) is 2. The van der Waals surface area contributed by atoms with Crippen LogP contribution in [0.2, 0.25) is 0 Å². The van der Waals surface area contributed by atoms with Gasteiger partial charge in [0.2, 0.25) is 5.91 Å². The number of rotatable bonds is 6. The van der Waals surface area contributed by atoms with E-state index in [0.717, 1.165) is 5.56 Å². The fraction of sp³-hybridized carbons (Fsp3) is 0.292. The fourth-order valence-electron chi connectivity index (χ4n) is 4.01. The average molecular weight is 452 g/mol. The molecule has 0 aliphatic carbocycles. The van der Waals surface area contributed by atoms with Crippen molar-refractivity contribution >= 4 is 17.5 Å². The minimum absolute atomic E-state index is 0.149. The summed E-state index contributed by atoms with van der Waals surface area (Å²) in [6, 6.07) is 12.6. The van der Waals surface area contributed by atoms with Gasteiger partial charge in [-0.1, -0.05) is 12.1 Å². The number of hydrogen-bond acceptors (Lipinski definition) is 5. The number of carbonyl (C=O) groups excluding carboxylic acids is 2. The summed E-state index contributed by atoms with van der Waals surface area (Å²) >= 11 is 0. The lowest BCUT2D eigenvalue weighted by molar-refractivity contribution is -0.126. The molecule has 0 spiro atoms. The van der Waals surface area contributed by atoms with E-state index in [1.165, 1.54) is 31.3 Å². The molecular formula is C24H25FN4O4. The molecule has 172 valence electrons. The van der Waals surface area contributed by atoms with E-state index in [1.807, 2.05) is 0 Å². The third-order valence-electron chi connectivity index (χ3n) is 5.73. The Kier molecular flexibility index (Phi) is 5.80. The van der Waals surface area contributed by atoms with E-state index >= 15 is 0 Å². The van der Waals surface area contributed by atoms with Gasteiger partial charge in [0.05, 0.1) is 32.1 Å². The van der Waals surface area contributed by atoms with Gasteiger partial charge in [0.1, 0.15) is 28.5 Å². The van der Waals surface area contributed by atoms with E-state index in [1.54, 1.807) is 54.9 Å². The van der Waals surface area contributed by atoms with Crippen LogP contribution in [0.3, 0.4) is 0 Å². The summed E-state index contributed by atoms with van der Waals surface area (Å²) in [7, 11) is 3.03. The Morgan fingerprint density at radius 2 is 1.76 bits per heavy atom. The Morgan fingerprint density at radius 1 is 1.12 bits per heavy atom. The molecule has 0 fully saturated rings. The van der Waals surface area contributed by atoms with Crippen molar-refractivity contribution in [1.82, 2.24) is 15.1 Å². The predicted octanol–water partition coefficient (Wildman–Crippen LogP) is 3.08. The highest BCUT2D eigenvalue weighted by molar-refractivity contribution is 6.12. The molecule has 2 heterocycles. The van der Waals surface area contributed by atoms with Gasteiger partial charge < -0.3 is 14.8 Å². The van der Waals surface area contributed by atoms with Gasteiger partial charge in [-0.25, -0.2) is 4.39 Å². The van der Waals surface area contributed by atoms with Gasteiger partial charge in [-0.05, 0) is 37.6 Å². The average Bonchev–Trinajstić information content (AvgIpc) is 3.18. The van der Waals surface area contributed by atoms with E-state index < -0.39 is 5.54 Å². The van der Waals surface area contributed by atoms with Crippen molar-refractivity contribution in [3.8, 4) is 11.5 Å². The molecule has 33 heavy (non-hydrogen) atoms. The molecule has 1 aliphatic heterocycles. The second-order valence-electron chi connectivity index (χ2n) is 8.12. The van der Waals surface area contributed by atoms with Crippen LogP contribution >= 0.6 is 0 Å². The molecule has 8 nitrogen and oxygen atoms in total. The predicted molar refractivity (Wildman–Crippen MR) is 120 cm³/mol. The van der Waals surface area contributed by atoms with Crippen LogP contribution in [0.4, 0.5) is 10.1 Å². The van der Waals surface area contributed by atoms with Crippen molar-refractivity contribution in [3.63, 3.8) is 0 Å². The smallest absolute Gasteiger partial charge is 0.277 e. The first-order valence-corrected chi connectivity index (χ1v) is 10.4. The Balaban J connectivity index is 1.75.